The zero-order valence-corrected chi connectivity index (χ0v) is 11.9. The van der Waals surface area contributed by atoms with E-state index in [1.54, 1.807) is 11.1 Å². The van der Waals surface area contributed by atoms with Crippen LogP contribution >= 0.6 is 0 Å². The van der Waals surface area contributed by atoms with Gasteiger partial charge in [-0.2, -0.15) is 0 Å². The molecule has 4 heteroatoms. The monoisotopic (exact) mass is 262 g/mol. The Labute approximate surface area is 115 Å². The highest BCUT2D eigenvalue weighted by Crippen LogP contribution is 2.15. The van der Waals surface area contributed by atoms with Crippen molar-refractivity contribution in [2.75, 3.05) is 19.6 Å². The maximum Gasteiger partial charge on any atom is 0.414 e. The molecule has 0 aromatic heterocycles. The molecule has 0 aliphatic carbocycles. The van der Waals surface area contributed by atoms with Crippen molar-refractivity contribution in [2.24, 2.45) is 0 Å². The Kier molecular flexibility index (Phi) is 3.98. The minimum atomic E-state index is -0.459. The van der Waals surface area contributed by atoms with Crippen LogP contribution in [-0.4, -0.2) is 41.1 Å². The van der Waals surface area contributed by atoms with Gasteiger partial charge in [-0.05, 0) is 51.1 Å². The minimum absolute atomic E-state index is 0.299. The highest BCUT2D eigenvalue weighted by atomic mass is 16.6. The predicted molar refractivity (Wildman–Crippen MR) is 75.5 cm³/mol. The van der Waals surface area contributed by atoms with Gasteiger partial charge in [0.05, 0.1) is 6.54 Å². The van der Waals surface area contributed by atoms with Gasteiger partial charge in [0.1, 0.15) is 5.60 Å². The van der Waals surface area contributed by atoms with E-state index in [4.69, 9.17) is 4.74 Å². The Hall–Kier alpha value is -1.71. The summed E-state index contributed by atoms with van der Waals surface area (Å²) in [7, 11) is 0. The van der Waals surface area contributed by atoms with Crippen molar-refractivity contribution in [1.82, 2.24) is 9.80 Å². The van der Waals surface area contributed by atoms with Crippen LogP contribution in [0.15, 0.2) is 36.2 Å². The molecule has 0 aromatic carbocycles. The van der Waals surface area contributed by atoms with E-state index in [0.29, 0.717) is 6.54 Å². The second-order valence-corrected chi connectivity index (χ2v) is 5.90. The molecular formula is C15H22N2O2. The topological polar surface area (TPSA) is 32.8 Å². The van der Waals surface area contributed by atoms with Crippen LogP contribution in [0.1, 0.15) is 27.2 Å². The summed E-state index contributed by atoms with van der Waals surface area (Å²) in [6.07, 6.45) is 10.8. The molecule has 0 spiro atoms. The first-order chi connectivity index (χ1) is 8.94. The first kappa shape index (κ1) is 13.7. The minimum Gasteiger partial charge on any atom is -0.443 e. The molecule has 1 fully saturated rings. The summed E-state index contributed by atoms with van der Waals surface area (Å²) in [6, 6.07) is 0. The van der Waals surface area contributed by atoms with Crippen molar-refractivity contribution in [1.29, 1.82) is 0 Å². The van der Waals surface area contributed by atoms with E-state index in [-0.39, 0.29) is 6.09 Å². The SMILES string of the molecule is CC(C)(C)OC(=O)N1C=CC=C(/C=C/N2CCC2)C1. The molecule has 0 radical (unpaired) electrons. The first-order valence-electron chi connectivity index (χ1n) is 6.73. The third-order valence-corrected chi connectivity index (χ3v) is 2.95. The van der Waals surface area contributed by atoms with Crippen molar-refractivity contribution >= 4 is 6.09 Å². The average Bonchev–Trinajstić information content (AvgIpc) is 2.25. The third kappa shape index (κ3) is 4.16. The van der Waals surface area contributed by atoms with Crippen LogP contribution in [0.3, 0.4) is 0 Å². The molecule has 1 amide bonds. The highest BCUT2D eigenvalue weighted by Gasteiger charge is 2.22. The maximum atomic E-state index is 12.0. The fourth-order valence-corrected chi connectivity index (χ4v) is 1.82. The van der Waals surface area contributed by atoms with Gasteiger partial charge in [0.25, 0.3) is 0 Å². The zero-order chi connectivity index (χ0) is 13.9. The van der Waals surface area contributed by atoms with Crippen molar-refractivity contribution in [3.8, 4) is 0 Å². The predicted octanol–water partition coefficient (Wildman–Crippen LogP) is 2.90. The maximum absolute atomic E-state index is 12.0. The molecule has 2 aliphatic heterocycles. The van der Waals surface area contributed by atoms with Crippen LogP contribution < -0.4 is 0 Å². The number of carbonyl (C=O) groups is 1. The Balaban J connectivity index is 1.89. The number of rotatable bonds is 2. The molecule has 1 saturated heterocycles. The lowest BCUT2D eigenvalue weighted by Crippen LogP contribution is -2.35. The van der Waals surface area contributed by atoms with E-state index < -0.39 is 5.60 Å². The van der Waals surface area contributed by atoms with E-state index in [1.165, 1.54) is 6.42 Å². The van der Waals surface area contributed by atoms with E-state index in [9.17, 15) is 4.79 Å². The zero-order valence-electron chi connectivity index (χ0n) is 11.9. The lowest BCUT2D eigenvalue weighted by molar-refractivity contribution is 0.0347. The largest absolute Gasteiger partial charge is 0.443 e. The number of ether oxygens (including phenoxy) is 1. The van der Waals surface area contributed by atoms with Gasteiger partial charge in [-0.1, -0.05) is 6.08 Å². The molecule has 2 rings (SSSR count). The van der Waals surface area contributed by atoms with Crippen molar-refractivity contribution < 1.29 is 9.53 Å². The van der Waals surface area contributed by atoms with E-state index in [0.717, 1.165) is 18.7 Å². The molecule has 0 atom stereocenters. The normalized spacial score (nSPS) is 19.4. The molecular weight excluding hydrogens is 240 g/mol. The van der Waals surface area contributed by atoms with Gasteiger partial charge in [0, 0.05) is 19.3 Å². The summed E-state index contributed by atoms with van der Waals surface area (Å²) in [5.41, 5.74) is 0.653. The Bertz CT molecular complexity index is 426. The second kappa shape index (κ2) is 5.51. The number of nitrogens with zero attached hydrogens (tertiary/aromatic N) is 2. The van der Waals surface area contributed by atoms with Crippen molar-refractivity contribution in [3.05, 3.63) is 36.2 Å². The number of carbonyl (C=O) groups excluding carboxylic acids is 1. The van der Waals surface area contributed by atoms with Gasteiger partial charge >= 0.3 is 6.09 Å². The highest BCUT2D eigenvalue weighted by molar-refractivity contribution is 5.70. The van der Waals surface area contributed by atoms with Gasteiger partial charge in [0.15, 0.2) is 0 Å². The van der Waals surface area contributed by atoms with Crippen molar-refractivity contribution in [3.63, 3.8) is 0 Å². The van der Waals surface area contributed by atoms with Crippen molar-refractivity contribution in [2.45, 2.75) is 32.8 Å². The Morgan fingerprint density at radius 1 is 1.37 bits per heavy atom. The van der Waals surface area contributed by atoms with E-state index in [2.05, 4.69) is 17.2 Å². The molecule has 0 unspecified atom stereocenters. The fourth-order valence-electron chi connectivity index (χ4n) is 1.82. The van der Waals surface area contributed by atoms with Crippen LogP contribution in [0, 0.1) is 0 Å². The van der Waals surface area contributed by atoms with Gasteiger partial charge in [-0.25, -0.2) is 4.79 Å². The smallest absolute Gasteiger partial charge is 0.414 e. The van der Waals surface area contributed by atoms with Crippen LogP contribution in [0.25, 0.3) is 0 Å². The fraction of sp³-hybridized carbons (Fsp3) is 0.533. The standard InChI is InChI=1S/C15H22N2O2/c1-15(2,3)19-14(18)17-10-4-6-13(12-17)7-11-16-8-5-9-16/h4,6-7,10-11H,5,8-9,12H2,1-3H3/b11-7+. The second-order valence-electron chi connectivity index (χ2n) is 5.90. The first-order valence-corrected chi connectivity index (χ1v) is 6.73. The van der Waals surface area contributed by atoms with Crippen LogP contribution in [0.2, 0.25) is 0 Å². The molecule has 2 heterocycles. The number of amides is 1. The summed E-state index contributed by atoms with van der Waals surface area (Å²) < 4.78 is 5.36. The molecule has 4 nitrogen and oxygen atoms in total. The number of hydrogen-bond donors (Lipinski definition) is 0. The molecule has 0 saturated carbocycles. The molecule has 19 heavy (non-hydrogen) atoms. The summed E-state index contributed by atoms with van der Waals surface area (Å²) >= 11 is 0. The van der Waals surface area contributed by atoms with Gasteiger partial charge < -0.3 is 9.64 Å². The van der Waals surface area contributed by atoms with Gasteiger partial charge in [-0.3, -0.25) is 4.90 Å². The third-order valence-electron chi connectivity index (χ3n) is 2.95. The number of likely N-dealkylation sites (tertiary alicyclic amines) is 1. The van der Waals surface area contributed by atoms with E-state index >= 15 is 0 Å². The lowest BCUT2D eigenvalue weighted by Gasteiger charge is -2.30. The van der Waals surface area contributed by atoms with E-state index in [1.807, 2.05) is 32.9 Å². The Morgan fingerprint density at radius 2 is 2.11 bits per heavy atom. The van der Waals surface area contributed by atoms with Crippen LogP contribution in [0.4, 0.5) is 4.79 Å². The molecule has 2 aliphatic rings. The molecule has 0 bridgehead atoms. The molecule has 0 aromatic rings. The number of allylic oxidation sites excluding steroid dienone is 2. The summed E-state index contributed by atoms with van der Waals surface area (Å²) in [5, 5.41) is 0. The lowest BCUT2D eigenvalue weighted by atomic mass is 10.1. The van der Waals surface area contributed by atoms with Crippen LogP contribution in [-0.2, 0) is 4.74 Å². The summed E-state index contributed by atoms with van der Waals surface area (Å²) in [6.45, 7) is 8.46. The van der Waals surface area contributed by atoms with Gasteiger partial charge in [0.2, 0.25) is 0 Å². The van der Waals surface area contributed by atoms with Crippen LogP contribution in [0.5, 0.6) is 0 Å². The number of hydrogen-bond acceptors (Lipinski definition) is 3. The summed E-state index contributed by atoms with van der Waals surface area (Å²) in [4.78, 5) is 15.8. The molecule has 0 N–H and O–H groups in total. The quantitative estimate of drug-likeness (QED) is 0.767. The average molecular weight is 262 g/mol. The summed E-state index contributed by atoms with van der Waals surface area (Å²) in [5.74, 6) is 0. The van der Waals surface area contributed by atoms with Gasteiger partial charge in [-0.15, -0.1) is 0 Å². The molecule has 104 valence electrons. The Morgan fingerprint density at radius 3 is 2.68 bits per heavy atom.